The Kier molecular flexibility index (Phi) is 8.95. The van der Waals surface area contributed by atoms with Crippen LogP contribution in [0.15, 0.2) is 72.8 Å². The zero-order valence-electron chi connectivity index (χ0n) is 22.5. The van der Waals surface area contributed by atoms with Gasteiger partial charge < -0.3 is 19.2 Å². The van der Waals surface area contributed by atoms with Gasteiger partial charge >= 0.3 is 0 Å². The lowest BCUT2D eigenvalue weighted by Gasteiger charge is -2.46. The molecule has 3 aromatic carbocycles. The van der Waals surface area contributed by atoms with E-state index in [0.717, 1.165) is 22.5 Å². The number of carbonyl (C=O) groups is 1. The Morgan fingerprint density at radius 1 is 1.00 bits per heavy atom. The second-order valence-corrected chi connectivity index (χ2v) is 13.5. The number of morpholine rings is 1. The van der Waals surface area contributed by atoms with Gasteiger partial charge in [0.1, 0.15) is 0 Å². The maximum atomic E-state index is 14.5. The Hall–Kier alpha value is -2.98. The molecule has 39 heavy (non-hydrogen) atoms. The van der Waals surface area contributed by atoms with Crippen LogP contribution in [-0.4, -0.2) is 50.5 Å². The first-order valence-corrected chi connectivity index (χ1v) is 14.6. The molecular formula is C30H34F3NO4Si. The molecular weight excluding hydrogens is 523 g/mol. The predicted octanol–water partition coefficient (Wildman–Crippen LogP) is 3.93. The molecule has 0 radical (unpaired) electrons. The highest BCUT2D eigenvalue weighted by atomic mass is 28.3. The van der Waals surface area contributed by atoms with Gasteiger partial charge in [0.25, 0.3) is 5.91 Å². The maximum Gasteiger partial charge on any atom is 0.279 e. The van der Waals surface area contributed by atoms with Gasteiger partial charge in [-0.05, 0) is 40.4 Å². The van der Waals surface area contributed by atoms with Crippen LogP contribution in [0, 0.1) is 28.8 Å². The summed E-state index contributed by atoms with van der Waals surface area (Å²) in [4.78, 5) is 14.6. The van der Waals surface area contributed by atoms with Gasteiger partial charge in [0.15, 0.2) is 17.5 Å². The SMILES string of the molecule is CC1CN([C@@H](c2cc(F)c(F)c(F)c2)[C@H](CO[SiH](c2ccccc2)c2ccccc2)C(C)(C)C)C(=O)[C@@H](O)O1. The van der Waals surface area contributed by atoms with E-state index in [-0.39, 0.29) is 18.7 Å². The Labute approximate surface area is 228 Å². The first-order valence-electron chi connectivity index (χ1n) is 13.0. The van der Waals surface area contributed by atoms with Gasteiger partial charge in [-0.2, -0.15) is 0 Å². The summed E-state index contributed by atoms with van der Waals surface area (Å²) >= 11 is 0. The summed E-state index contributed by atoms with van der Waals surface area (Å²) in [5.41, 5.74) is -0.451. The number of hydrogen-bond donors (Lipinski definition) is 1. The van der Waals surface area contributed by atoms with Crippen LogP contribution in [0.3, 0.4) is 0 Å². The third-order valence-electron chi connectivity index (χ3n) is 7.13. The van der Waals surface area contributed by atoms with Crippen molar-refractivity contribution in [3.05, 3.63) is 95.8 Å². The van der Waals surface area contributed by atoms with E-state index in [4.69, 9.17) is 9.16 Å². The molecule has 4 rings (SSSR count). The molecule has 3 aromatic rings. The minimum absolute atomic E-state index is 0.0754. The minimum atomic E-state index is -2.21. The first-order chi connectivity index (χ1) is 18.5. The van der Waals surface area contributed by atoms with E-state index in [0.29, 0.717) is 0 Å². The predicted molar refractivity (Wildman–Crippen MR) is 146 cm³/mol. The molecule has 1 aliphatic rings. The summed E-state index contributed by atoms with van der Waals surface area (Å²) < 4.78 is 55.0. The van der Waals surface area contributed by atoms with Crippen LogP contribution < -0.4 is 10.4 Å². The topological polar surface area (TPSA) is 59.0 Å². The van der Waals surface area contributed by atoms with Crippen molar-refractivity contribution in [3.8, 4) is 0 Å². The Morgan fingerprint density at radius 3 is 2.00 bits per heavy atom. The number of carbonyl (C=O) groups excluding carboxylic acids is 1. The molecule has 0 bridgehead atoms. The number of amides is 1. The fourth-order valence-corrected chi connectivity index (χ4v) is 7.42. The fraction of sp³-hybridized carbons (Fsp3) is 0.367. The number of ether oxygens (including phenoxy) is 1. The first kappa shape index (κ1) is 29.0. The molecule has 5 nitrogen and oxygen atoms in total. The largest absolute Gasteiger partial charge is 0.411 e. The molecule has 1 amide bonds. The number of aliphatic hydroxyl groups excluding tert-OH is 1. The second kappa shape index (κ2) is 12.0. The number of aliphatic hydroxyl groups is 1. The van der Waals surface area contributed by atoms with E-state index < -0.39 is 62.2 Å². The lowest BCUT2D eigenvalue weighted by atomic mass is 9.73. The van der Waals surface area contributed by atoms with Gasteiger partial charge in [-0.1, -0.05) is 81.4 Å². The molecule has 0 saturated carbocycles. The third-order valence-corrected chi connectivity index (χ3v) is 9.64. The summed E-state index contributed by atoms with van der Waals surface area (Å²) in [6.07, 6.45) is -2.25. The van der Waals surface area contributed by atoms with Gasteiger partial charge in [-0.3, -0.25) is 4.79 Å². The summed E-state index contributed by atoms with van der Waals surface area (Å²) in [7, 11) is -2.21. The lowest BCUT2D eigenvalue weighted by molar-refractivity contribution is -0.204. The van der Waals surface area contributed by atoms with Crippen molar-refractivity contribution in [2.45, 2.75) is 46.1 Å². The Bertz CT molecular complexity index is 1210. The van der Waals surface area contributed by atoms with Gasteiger partial charge in [0.05, 0.1) is 12.1 Å². The van der Waals surface area contributed by atoms with Crippen molar-refractivity contribution in [2.24, 2.45) is 11.3 Å². The van der Waals surface area contributed by atoms with Gasteiger partial charge in [0, 0.05) is 19.1 Å². The highest BCUT2D eigenvalue weighted by molar-refractivity contribution is 6.80. The number of halogens is 3. The normalized spacial score (nSPS) is 19.8. The molecule has 0 spiro atoms. The molecule has 0 aromatic heterocycles. The summed E-state index contributed by atoms with van der Waals surface area (Å²) in [5.74, 6) is -5.50. The van der Waals surface area contributed by atoms with E-state index in [1.807, 2.05) is 81.4 Å². The molecule has 1 heterocycles. The molecule has 1 fully saturated rings. The van der Waals surface area contributed by atoms with Gasteiger partial charge in [-0.15, -0.1) is 0 Å². The molecule has 1 saturated heterocycles. The van der Waals surface area contributed by atoms with Crippen LogP contribution in [0.4, 0.5) is 13.2 Å². The van der Waals surface area contributed by atoms with Gasteiger partial charge in [-0.25, -0.2) is 13.2 Å². The molecule has 4 atom stereocenters. The molecule has 1 unspecified atom stereocenters. The summed E-state index contributed by atoms with van der Waals surface area (Å²) in [6.45, 7) is 7.78. The van der Waals surface area contributed by atoms with Crippen LogP contribution in [-0.2, 0) is 14.0 Å². The standard InChI is InChI=1S/C30H34F3NO4Si/c1-19-17-34(28(35)29(36)38-19)27(20-15-24(31)26(33)25(32)16-20)23(30(2,3)4)18-37-39(21-11-7-5-8-12-21)22-13-9-6-10-14-22/h5-16,19,23,27,29,36,39H,17-18H2,1-4H3/t19?,23-,27-,29-/m0/s1. The highest BCUT2D eigenvalue weighted by Gasteiger charge is 2.44. The van der Waals surface area contributed by atoms with E-state index in [1.54, 1.807) is 6.92 Å². The third kappa shape index (κ3) is 6.61. The number of nitrogens with zero attached hydrogens (tertiary/aromatic N) is 1. The van der Waals surface area contributed by atoms with Crippen LogP contribution in [0.2, 0.25) is 0 Å². The Morgan fingerprint density at radius 2 is 1.51 bits per heavy atom. The zero-order chi connectivity index (χ0) is 28.3. The van der Waals surface area contributed by atoms with Crippen LogP contribution in [0.25, 0.3) is 0 Å². The number of hydrogen-bond acceptors (Lipinski definition) is 4. The van der Waals surface area contributed by atoms with Crippen molar-refractivity contribution < 1.29 is 32.2 Å². The maximum absolute atomic E-state index is 14.5. The zero-order valence-corrected chi connectivity index (χ0v) is 23.6. The van der Waals surface area contributed by atoms with E-state index >= 15 is 0 Å². The summed E-state index contributed by atoms with van der Waals surface area (Å²) in [6, 6.07) is 20.6. The number of rotatable bonds is 8. The van der Waals surface area contributed by atoms with E-state index in [1.165, 1.54) is 4.90 Å². The quantitative estimate of drug-likeness (QED) is 0.337. The molecule has 1 N–H and O–H groups in total. The second-order valence-electron chi connectivity index (χ2n) is 11.0. The summed E-state index contributed by atoms with van der Waals surface area (Å²) in [5, 5.41) is 12.4. The monoisotopic (exact) mass is 557 g/mol. The molecule has 0 aliphatic carbocycles. The average molecular weight is 558 g/mol. The highest BCUT2D eigenvalue weighted by Crippen LogP contribution is 2.42. The van der Waals surface area contributed by atoms with Crippen molar-refractivity contribution in [1.82, 2.24) is 4.90 Å². The lowest BCUT2D eigenvalue weighted by Crippen LogP contribution is -2.55. The van der Waals surface area contributed by atoms with Crippen molar-refractivity contribution >= 4 is 25.3 Å². The number of benzene rings is 3. The molecule has 1 aliphatic heterocycles. The molecule has 9 heteroatoms. The van der Waals surface area contributed by atoms with E-state index in [9.17, 15) is 23.1 Å². The molecule has 208 valence electrons. The van der Waals surface area contributed by atoms with Crippen molar-refractivity contribution in [1.29, 1.82) is 0 Å². The van der Waals surface area contributed by atoms with Crippen LogP contribution in [0.5, 0.6) is 0 Å². The average Bonchev–Trinajstić information content (AvgIpc) is 2.89. The fourth-order valence-electron chi connectivity index (χ4n) is 5.11. The van der Waals surface area contributed by atoms with Crippen LogP contribution in [0.1, 0.15) is 39.3 Å². The van der Waals surface area contributed by atoms with Crippen molar-refractivity contribution in [2.75, 3.05) is 13.2 Å². The van der Waals surface area contributed by atoms with Crippen molar-refractivity contribution in [3.63, 3.8) is 0 Å². The van der Waals surface area contributed by atoms with E-state index in [2.05, 4.69) is 0 Å². The van der Waals surface area contributed by atoms with Gasteiger partial charge in [0.2, 0.25) is 15.3 Å². The Balaban J connectivity index is 1.79. The van der Waals surface area contributed by atoms with Crippen LogP contribution >= 0.6 is 0 Å². The smallest absolute Gasteiger partial charge is 0.279 e. The minimum Gasteiger partial charge on any atom is -0.411 e.